The van der Waals surface area contributed by atoms with Crippen molar-refractivity contribution in [1.29, 1.82) is 0 Å². The molecule has 0 bridgehead atoms. The van der Waals surface area contributed by atoms with Gasteiger partial charge in [0.15, 0.2) is 5.72 Å². The van der Waals surface area contributed by atoms with Crippen LogP contribution < -0.4 is 4.72 Å². The Labute approximate surface area is 120 Å². The first-order chi connectivity index (χ1) is 9.27. The van der Waals surface area contributed by atoms with Gasteiger partial charge in [-0.15, -0.1) is 6.58 Å². The molecule has 1 atom stereocenters. The Hall–Kier alpha value is -0.620. The van der Waals surface area contributed by atoms with Gasteiger partial charge in [-0.1, -0.05) is 12.2 Å². The van der Waals surface area contributed by atoms with Crippen LogP contribution in [0.15, 0.2) is 28.7 Å². The molecule has 0 radical (unpaired) electrons. The summed E-state index contributed by atoms with van der Waals surface area (Å²) in [7, 11) is 2.14. The third-order valence-corrected chi connectivity index (χ3v) is 4.04. The van der Waals surface area contributed by atoms with E-state index in [2.05, 4.69) is 33.7 Å². The number of unbranched alkanes of at least 4 members (excludes halogenated alkanes) is 2. The Balaban J connectivity index is 1.92. The summed E-state index contributed by atoms with van der Waals surface area (Å²) in [6.07, 6.45) is 10.5. The molecular formula is C14H23N3OS. The van der Waals surface area contributed by atoms with E-state index in [1.807, 2.05) is 12.3 Å². The van der Waals surface area contributed by atoms with Gasteiger partial charge in [-0.05, 0) is 38.3 Å². The Morgan fingerprint density at radius 3 is 3.21 bits per heavy atom. The number of nitrogens with zero attached hydrogens (tertiary/aromatic N) is 2. The lowest BCUT2D eigenvalue weighted by molar-refractivity contribution is 0.0254. The summed E-state index contributed by atoms with van der Waals surface area (Å²) in [5.74, 6) is 0. The molecule has 0 spiro atoms. The summed E-state index contributed by atoms with van der Waals surface area (Å²) < 4.78 is 13.7. The first-order valence-electron chi connectivity index (χ1n) is 6.87. The van der Waals surface area contributed by atoms with Crippen LogP contribution in [0.1, 0.15) is 25.7 Å². The number of rotatable bonds is 7. The molecule has 0 aromatic carbocycles. The van der Waals surface area contributed by atoms with Crippen molar-refractivity contribution in [1.82, 2.24) is 9.62 Å². The van der Waals surface area contributed by atoms with Gasteiger partial charge in [0, 0.05) is 19.7 Å². The van der Waals surface area contributed by atoms with Gasteiger partial charge in [0.2, 0.25) is 0 Å². The lowest BCUT2D eigenvalue weighted by Crippen LogP contribution is -2.49. The SMILES string of the molecule is C=CCCCCOC1(C2=CCCN(C)C2)C=NSN1. The van der Waals surface area contributed by atoms with Crippen LogP contribution in [0.25, 0.3) is 0 Å². The van der Waals surface area contributed by atoms with Crippen molar-refractivity contribution >= 4 is 18.3 Å². The van der Waals surface area contributed by atoms with Crippen LogP contribution in [-0.4, -0.2) is 43.6 Å². The quantitative estimate of drug-likeness (QED) is 0.442. The van der Waals surface area contributed by atoms with Crippen molar-refractivity contribution in [3.05, 3.63) is 24.3 Å². The fourth-order valence-corrected chi connectivity index (χ4v) is 2.95. The molecular weight excluding hydrogens is 258 g/mol. The van der Waals surface area contributed by atoms with Crippen molar-refractivity contribution in [2.75, 3.05) is 26.7 Å². The van der Waals surface area contributed by atoms with Gasteiger partial charge in [0.25, 0.3) is 0 Å². The van der Waals surface area contributed by atoms with Crippen LogP contribution >= 0.6 is 12.1 Å². The minimum absolute atomic E-state index is 0.493. The lowest BCUT2D eigenvalue weighted by atomic mass is 10.00. The van der Waals surface area contributed by atoms with Crippen LogP contribution in [0.4, 0.5) is 0 Å². The highest BCUT2D eigenvalue weighted by atomic mass is 32.2. The maximum Gasteiger partial charge on any atom is 0.189 e. The molecule has 0 saturated heterocycles. The number of nitrogens with one attached hydrogen (secondary N) is 1. The normalized spacial score (nSPS) is 27.5. The van der Waals surface area contributed by atoms with Crippen molar-refractivity contribution < 1.29 is 4.74 Å². The molecule has 0 fully saturated rings. The summed E-state index contributed by atoms with van der Waals surface area (Å²) in [4.78, 5) is 2.32. The zero-order chi connectivity index (χ0) is 13.6. The smallest absolute Gasteiger partial charge is 0.189 e. The van der Waals surface area contributed by atoms with Crippen molar-refractivity contribution in [2.45, 2.75) is 31.4 Å². The molecule has 0 aromatic heterocycles. The van der Waals surface area contributed by atoms with E-state index < -0.39 is 5.72 Å². The summed E-state index contributed by atoms with van der Waals surface area (Å²) in [6, 6.07) is 0. The average Bonchev–Trinajstić information content (AvgIpc) is 2.89. The van der Waals surface area contributed by atoms with Crippen LogP contribution in [0, 0.1) is 0 Å². The van der Waals surface area contributed by atoms with Gasteiger partial charge in [0.1, 0.15) is 0 Å². The maximum atomic E-state index is 6.11. The highest BCUT2D eigenvalue weighted by Crippen LogP contribution is 2.28. The van der Waals surface area contributed by atoms with E-state index in [-0.39, 0.29) is 0 Å². The van der Waals surface area contributed by atoms with E-state index in [0.29, 0.717) is 0 Å². The van der Waals surface area contributed by atoms with E-state index in [0.717, 1.165) is 45.4 Å². The molecule has 2 rings (SSSR count). The molecule has 5 heteroatoms. The zero-order valence-electron chi connectivity index (χ0n) is 11.6. The number of hydrogen-bond donors (Lipinski definition) is 1. The van der Waals surface area contributed by atoms with Crippen LogP contribution in [0.5, 0.6) is 0 Å². The lowest BCUT2D eigenvalue weighted by Gasteiger charge is -2.34. The summed E-state index contributed by atoms with van der Waals surface area (Å²) in [5.41, 5.74) is 0.784. The summed E-state index contributed by atoms with van der Waals surface area (Å²) in [6.45, 7) is 6.53. The molecule has 1 N–H and O–H groups in total. The van der Waals surface area contributed by atoms with Crippen molar-refractivity contribution in [3.8, 4) is 0 Å². The van der Waals surface area contributed by atoms with Gasteiger partial charge in [-0.2, -0.15) is 0 Å². The molecule has 19 heavy (non-hydrogen) atoms. The molecule has 2 aliphatic heterocycles. The van der Waals surface area contributed by atoms with Gasteiger partial charge >= 0.3 is 0 Å². The minimum Gasteiger partial charge on any atom is -0.350 e. The van der Waals surface area contributed by atoms with Gasteiger partial charge in [-0.3, -0.25) is 0 Å². The first-order valence-corrected chi connectivity index (χ1v) is 7.65. The topological polar surface area (TPSA) is 36.9 Å². The second kappa shape index (κ2) is 7.24. The average molecular weight is 281 g/mol. The molecule has 0 saturated carbocycles. The van der Waals surface area contributed by atoms with E-state index >= 15 is 0 Å². The molecule has 0 aliphatic carbocycles. The monoisotopic (exact) mass is 281 g/mol. The van der Waals surface area contributed by atoms with Crippen LogP contribution in [0.2, 0.25) is 0 Å². The predicted octanol–water partition coefficient (Wildman–Crippen LogP) is 2.55. The number of hydrogen-bond acceptors (Lipinski definition) is 5. The largest absolute Gasteiger partial charge is 0.350 e. The number of ether oxygens (including phenoxy) is 1. The Bertz CT molecular complexity index is 370. The number of likely N-dealkylation sites (N-methyl/N-ethyl adjacent to an activating group) is 1. The second-order valence-electron chi connectivity index (χ2n) is 5.05. The summed E-state index contributed by atoms with van der Waals surface area (Å²) in [5, 5.41) is 0. The third-order valence-electron chi connectivity index (χ3n) is 3.44. The van der Waals surface area contributed by atoms with Gasteiger partial charge in [-0.25, -0.2) is 9.12 Å². The third kappa shape index (κ3) is 3.92. The molecule has 0 amide bonds. The molecule has 1 unspecified atom stereocenters. The highest BCUT2D eigenvalue weighted by molar-refractivity contribution is 7.96. The van der Waals surface area contributed by atoms with E-state index in [4.69, 9.17) is 4.74 Å². The Morgan fingerprint density at radius 2 is 2.53 bits per heavy atom. The van der Waals surface area contributed by atoms with E-state index in [1.54, 1.807) is 0 Å². The first kappa shape index (κ1) is 14.8. The van der Waals surface area contributed by atoms with Crippen molar-refractivity contribution in [2.24, 2.45) is 4.40 Å². The zero-order valence-corrected chi connectivity index (χ0v) is 12.4. The molecule has 4 nitrogen and oxygen atoms in total. The predicted molar refractivity (Wildman–Crippen MR) is 82.1 cm³/mol. The van der Waals surface area contributed by atoms with Gasteiger partial charge < -0.3 is 9.64 Å². The standard InChI is InChI=1S/C14H23N3OS/c1-3-4-5-6-10-18-14(12-15-19-16-14)13-8-7-9-17(2)11-13/h3,8,12,16H,1,4-7,9-11H2,2H3. The van der Waals surface area contributed by atoms with Gasteiger partial charge in [0.05, 0.1) is 18.3 Å². The number of allylic oxidation sites excluding steroid dienone is 1. The highest BCUT2D eigenvalue weighted by Gasteiger charge is 2.38. The van der Waals surface area contributed by atoms with Crippen molar-refractivity contribution in [3.63, 3.8) is 0 Å². The molecule has 106 valence electrons. The second-order valence-corrected chi connectivity index (χ2v) is 5.65. The Kier molecular flexibility index (Phi) is 5.63. The molecule has 0 aromatic rings. The fourth-order valence-electron chi connectivity index (χ4n) is 2.32. The van der Waals surface area contributed by atoms with E-state index in [1.165, 1.54) is 17.7 Å². The Morgan fingerprint density at radius 1 is 1.63 bits per heavy atom. The van der Waals surface area contributed by atoms with E-state index in [9.17, 15) is 0 Å². The fraction of sp³-hybridized carbons (Fsp3) is 0.643. The summed E-state index contributed by atoms with van der Waals surface area (Å²) >= 11 is 1.36. The van der Waals surface area contributed by atoms with Crippen LogP contribution in [0.3, 0.4) is 0 Å². The minimum atomic E-state index is -0.493. The molecule has 2 heterocycles. The van der Waals surface area contributed by atoms with Crippen LogP contribution in [-0.2, 0) is 4.74 Å². The molecule has 2 aliphatic rings. The maximum absolute atomic E-state index is 6.11.